The molecule has 1 amide bonds. The molecule has 4 nitrogen and oxygen atoms in total. The summed E-state index contributed by atoms with van der Waals surface area (Å²) in [5, 5.41) is 0.710. The first-order chi connectivity index (χ1) is 12.7. The zero-order chi connectivity index (χ0) is 17.9. The summed E-state index contributed by atoms with van der Waals surface area (Å²) in [7, 11) is 0. The van der Waals surface area contributed by atoms with Crippen molar-refractivity contribution in [1.82, 2.24) is 14.9 Å². The molecule has 5 heteroatoms. The molecule has 3 aromatic rings. The number of rotatable bonds is 4. The van der Waals surface area contributed by atoms with E-state index in [-0.39, 0.29) is 11.9 Å². The second-order valence-electron chi connectivity index (χ2n) is 6.60. The lowest BCUT2D eigenvalue weighted by atomic mass is 10.1. The van der Waals surface area contributed by atoms with Gasteiger partial charge in [0.05, 0.1) is 24.4 Å². The molecule has 1 aliphatic rings. The lowest BCUT2D eigenvalue weighted by Crippen LogP contribution is -2.32. The number of aromatic nitrogens is 2. The number of imidazole rings is 1. The van der Waals surface area contributed by atoms with Crippen LogP contribution in [-0.2, 0) is 11.2 Å². The molecule has 26 heavy (non-hydrogen) atoms. The van der Waals surface area contributed by atoms with E-state index in [2.05, 4.69) is 9.97 Å². The number of aromatic amines is 1. The van der Waals surface area contributed by atoms with Crippen molar-refractivity contribution in [2.45, 2.75) is 25.3 Å². The van der Waals surface area contributed by atoms with E-state index in [4.69, 9.17) is 11.6 Å². The normalized spacial score (nSPS) is 16.8. The second kappa shape index (κ2) is 7.34. The molecule has 1 unspecified atom stereocenters. The highest BCUT2D eigenvalue weighted by Crippen LogP contribution is 2.32. The summed E-state index contributed by atoms with van der Waals surface area (Å²) in [4.78, 5) is 22.7. The van der Waals surface area contributed by atoms with Crippen LogP contribution in [-0.4, -0.2) is 27.3 Å². The Morgan fingerprint density at radius 1 is 1.15 bits per heavy atom. The molecule has 0 radical (unpaired) electrons. The molecule has 1 aromatic heterocycles. The van der Waals surface area contributed by atoms with E-state index in [0.717, 1.165) is 42.0 Å². The van der Waals surface area contributed by atoms with Gasteiger partial charge in [-0.3, -0.25) is 4.79 Å². The highest BCUT2D eigenvalue weighted by atomic mass is 35.5. The second-order valence-corrected chi connectivity index (χ2v) is 7.03. The Labute approximate surface area is 157 Å². The topological polar surface area (TPSA) is 49.0 Å². The lowest BCUT2D eigenvalue weighted by Gasteiger charge is -2.23. The van der Waals surface area contributed by atoms with Gasteiger partial charge >= 0.3 is 0 Å². The quantitative estimate of drug-likeness (QED) is 0.732. The maximum atomic E-state index is 12.8. The van der Waals surface area contributed by atoms with E-state index in [1.807, 2.05) is 65.7 Å². The van der Waals surface area contributed by atoms with Crippen LogP contribution in [0.3, 0.4) is 0 Å². The van der Waals surface area contributed by atoms with Crippen LogP contribution in [0.25, 0.3) is 11.3 Å². The summed E-state index contributed by atoms with van der Waals surface area (Å²) in [5.41, 5.74) is 3.02. The van der Waals surface area contributed by atoms with Gasteiger partial charge in [0, 0.05) is 11.6 Å². The average molecular weight is 366 g/mol. The van der Waals surface area contributed by atoms with Crippen LogP contribution < -0.4 is 0 Å². The third-order valence-corrected chi connectivity index (χ3v) is 5.09. The van der Waals surface area contributed by atoms with Crippen molar-refractivity contribution in [2.75, 3.05) is 6.54 Å². The summed E-state index contributed by atoms with van der Waals surface area (Å²) < 4.78 is 0. The van der Waals surface area contributed by atoms with Gasteiger partial charge in [-0.05, 0) is 36.1 Å². The van der Waals surface area contributed by atoms with Crippen LogP contribution in [0.4, 0.5) is 0 Å². The van der Waals surface area contributed by atoms with E-state index in [9.17, 15) is 4.79 Å². The number of H-pyrrole nitrogens is 1. The number of likely N-dealkylation sites (tertiary alicyclic amines) is 1. The van der Waals surface area contributed by atoms with Crippen molar-refractivity contribution in [3.05, 3.63) is 77.2 Å². The van der Waals surface area contributed by atoms with Crippen molar-refractivity contribution in [3.63, 3.8) is 0 Å². The maximum Gasteiger partial charge on any atom is 0.227 e. The first-order valence-electron chi connectivity index (χ1n) is 8.85. The number of amides is 1. The fraction of sp³-hybridized carbons (Fsp3) is 0.238. The van der Waals surface area contributed by atoms with Crippen molar-refractivity contribution in [3.8, 4) is 11.3 Å². The van der Waals surface area contributed by atoms with Crippen LogP contribution >= 0.6 is 11.6 Å². The third kappa shape index (κ3) is 3.51. The number of carbonyl (C=O) groups excluding carboxylic acids is 1. The lowest BCUT2D eigenvalue weighted by molar-refractivity contribution is -0.131. The first-order valence-corrected chi connectivity index (χ1v) is 9.23. The highest BCUT2D eigenvalue weighted by Gasteiger charge is 2.31. The van der Waals surface area contributed by atoms with Gasteiger partial charge in [0.25, 0.3) is 0 Å². The molecule has 2 aromatic carbocycles. The number of benzene rings is 2. The average Bonchev–Trinajstić information content (AvgIpc) is 3.32. The number of nitrogens with zero attached hydrogens (tertiary/aromatic N) is 2. The van der Waals surface area contributed by atoms with Crippen LogP contribution in [0, 0.1) is 0 Å². The number of halogens is 1. The summed E-state index contributed by atoms with van der Waals surface area (Å²) in [5.74, 6) is 1.01. The molecule has 1 fully saturated rings. The SMILES string of the molecule is O=C(Cc1ccccc1)N1CCCC1c1ncc(-c2ccc(Cl)cc2)[nH]1. The molecular weight excluding hydrogens is 346 g/mol. The largest absolute Gasteiger partial charge is 0.340 e. The minimum absolute atomic E-state index is 0.0206. The van der Waals surface area contributed by atoms with Gasteiger partial charge in [-0.15, -0.1) is 0 Å². The number of nitrogens with one attached hydrogen (secondary N) is 1. The minimum Gasteiger partial charge on any atom is -0.340 e. The van der Waals surface area contributed by atoms with Gasteiger partial charge in [0.2, 0.25) is 5.91 Å². The van der Waals surface area contributed by atoms with Gasteiger partial charge in [0.15, 0.2) is 0 Å². The molecule has 0 aliphatic carbocycles. The summed E-state index contributed by atoms with van der Waals surface area (Å²) in [6.07, 6.45) is 4.20. The van der Waals surface area contributed by atoms with E-state index >= 15 is 0 Å². The standard InChI is InChI=1S/C21H20ClN3O/c22-17-10-8-16(9-11-17)18-14-23-21(24-18)19-7-4-12-25(19)20(26)13-15-5-2-1-3-6-15/h1-3,5-6,8-11,14,19H,4,7,12-13H2,(H,23,24). The van der Waals surface area contributed by atoms with Crippen LogP contribution in [0.15, 0.2) is 60.8 Å². The molecular formula is C21H20ClN3O. The number of hydrogen-bond acceptors (Lipinski definition) is 2. The molecule has 2 heterocycles. The Balaban J connectivity index is 1.51. The van der Waals surface area contributed by atoms with Crippen LogP contribution in [0.5, 0.6) is 0 Å². The summed E-state index contributed by atoms with van der Waals surface area (Å²) in [6, 6.07) is 17.6. The van der Waals surface area contributed by atoms with E-state index in [0.29, 0.717) is 11.4 Å². The first kappa shape index (κ1) is 16.9. The summed E-state index contributed by atoms with van der Waals surface area (Å²) in [6.45, 7) is 0.785. The van der Waals surface area contributed by atoms with Gasteiger partial charge in [-0.2, -0.15) is 0 Å². The fourth-order valence-electron chi connectivity index (χ4n) is 3.50. The molecule has 0 bridgehead atoms. The smallest absolute Gasteiger partial charge is 0.227 e. The molecule has 4 rings (SSSR count). The Morgan fingerprint density at radius 2 is 1.92 bits per heavy atom. The van der Waals surface area contributed by atoms with Gasteiger partial charge < -0.3 is 9.88 Å². The molecule has 1 saturated heterocycles. The Hall–Kier alpha value is -2.59. The van der Waals surface area contributed by atoms with Crippen LogP contribution in [0.1, 0.15) is 30.3 Å². The van der Waals surface area contributed by atoms with Crippen molar-refractivity contribution in [2.24, 2.45) is 0 Å². The number of carbonyl (C=O) groups is 1. The van der Waals surface area contributed by atoms with Gasteiger partial charge in [-0.25, -0.2) is 4.98 Å². The zero-order valence-corrected chi connectivity index (χ0v) is 15.1. The van der Waals surface area contributed by atoms with Crippen LogP contribution in [0.2, 0.25) is 5.02 Å². The predicted molar refractivity (Wildman–Crippen MR) is 103 cm³/mol. The monoisotopic (exact) mass is 365 g/mol. The van der Waals surface area contributed by atoms with Gasteiger partial charge in [-0.1, -0.05) is 54.1 Å². The number of hydrogen-bond donors (Lipinski definition) is 1. The van der Waals surface area contributed by atoms with Crippen molar-refractivity contribution < 1.29 is 4.79 Å². The van der Waals surface area contributed by atoms with E-state index in [1.165, 1.54) is 0 Å². The maximum absolute atomic E-state index is 12.8. The Bertz CT molecular complexity index is 889. The van der Waals surface area contributed by atoms with Crippen molar-refractivity contribution >= 4 is 17.5 Å². The molecule has 0 spiro atoms. The van der Waals surface area contributed by atoms with E-state index in [1.54, 1.807) is 0 Å². The predicted octanol–water partition coefficient (Wildman–Crippen LogP) is 4.64. The third-order valence-electron chi connectivity index (χ3n) is 4.84. The summed E-state index contributed by atoms with van der Waals surface area (Å²) >= 11 is 5.96. The molecule has 1 N–H and O–H groups in total. The molecule has 1 aliphatic heterocycles. The fourth-order valence-corrected chi connectivity index (χ4v) is 3.63. The van der Waals surface area contributed by atoms with Gasteiger partial charge in [0.1, 0.15) is 5.82 Å². The molecule has 132 valence electrons. The zero-order valence-electron chi connectivity index (χ0n) is 14.4. The van der Waals surface area contributed by atoms with Crippen molar-refractivity contribution in [1.29, 1.82) is 0 Å². The Morgan fingerprint density at radius 3 is 2.69 bits per heavy atom. The Kier molecular flexibility index (Phi) is 4.76. The minimum atomic E-state index is 0.0206. The highest BCUT2D eigenvalue weighted by molar-refractivity contribution is 6.30. The molecule has 0 saturated carbocycles. The molecule has 1 atom stereocenters. The van der Waals surface area contributed by atoms with E-state index < -0.39 is 0 Å².